The van der Waals surface area contributed by atoms with E-state index in [2.05, 4.69) is 9.98 Å². The van der Waals surface area contributed by atoms with Gasteiger partial charge in [-0.25, -0.2) is 4.98 Å². The van der Waals surface area contributed by atoms with Crippen LogP contribution in [0.3, 0.4) is 0 Å². The van der Waals surface area contributed by atoms with E-state index in [-0.39, 0.29) is 18.0 Å². The van der Waals surface area contributed by atoms with Crippen molar-refractivity contribution in [2.24, 2.45) is 16.5 Å². The first-order valence-corrected chi connectivity index (χ1v) is 6.33. The minimum absolute atomic E-state index is 0.0170. The van der Waals surface area contributed by atoms with Crippen molar-refractivity contribution in [2.45, 2.75) is 31.2 Å². The molecule has 0 aliphatic carbocycles. The lowest BCUT2D eigenvalue weighted by molar-refractivity contribution is -0.249. The summed E-state index contributed by atoms with van der Waals surface area (Å²) in [7, 11) is 0. The van der Waals surface area contributed by atoms with Crippen LogP contribution >= 0.6 is 0 Å². The normalized spacial score (nSPS) is 29.0. The monoisotopic (exact) mass is 316 g/mol. The average molecular weight is 316 g/mol. The smallest absolute Gasteiger partial charge is 0.385 e. The Hall–Kier alpha value is -2.16. The molecule has 0 saturated carbocycles. The molecule has 0 fully saturated rings. The number of carbonyl (C=O) groups is 1. The second-order valence-electron chi connectivity index (χ2n) is 5.36. The van der Waals surface area contributed by atoms with Gasteiger partial charge in [0.05, 0.1) is 12.3 Å². The van der Waals surface area contributed by atoms with Crippen LogP contribution in [0, 0.1) is 0 Å². The van der Waals surface area contributed by atoms with Gasteiger partial charge in [0, 0.05) is 0 Å². The highest BCUT2D eigenvalue weighted by Crippen LogP contribution is 2.40. The maximum atomic E-state index is 13.0. The molecular weight excluding hydrogens is 301 g/mol. The van der Waals surface area contributed by atoms with Gasteiger partial charge in [0.15, 0.2) is 0 Å². The molecule has 0 spiro atoms. The highest BCUT2D eigenvalue weighted by atomic mass is 19.4. The van der Waals surface area contributed by atoms with E-state index in [1.54, 1.807) is 0 Å². The van der Waals surface area contributed by atoms with Crippen LogP contribution in [0.5, 0.6) is 0 Å². The van der Waals surface area contributed by atoms with Crippen LogP contribution in [0.25, 0.3) is 0 Å². The van der Waals surface area contributed by atoms with Crippen molar-refractivity contribution in [1.82, 2.24) is 4.98 Å². The zero-order valence-corrected chi connectivity index (χ0v) is 11.9. The van der Waals surface area contributed by atoms with Crippen LogP contribution in [0.15, 0.2) is 23.2 Å². The Kier molecular flexibility index (Phi) is 3.64. The van der Waals surface area contributed by atoms with Crippen LogP contribution in [0.1, 0.15) is 30.0 Å². The number of pyridine rings is 1. The number of alkyl halides is 3. The molecule has 6 nitrogen and oxygen atoms in total. The Bertz CT molecular complexity index is 646. The summed E-state index contributed by atoms with van der Waals surface area (Å²) in [5.74, 6) is -1.45. The summed E-state index contributed by atoms with van der Waals surface area (Å²) in [6.45, 7) is 1.94. The predicted octanol–water partition coefficient (Wildman–Crippen LogP) is 1.10. The number of primary amides is 1. The van der Waals surface area contributed by atoms with Crippen LogP contribution in [-0.2, 0) is 10.3 Å². The maximum Gasteiger partial charge on any atom is 0.424 e. The highest BCUT2D eigenvalue weighted by Gasteiger charge is 2.59. The Morgan fingerprint density at radius 1 is 1.36 bits per heavy atom. The molecule has 0 saturated heterocycles. The first-order chi connectivity index (χ1) is 9.99. The molecule has 22 heavy (non-hydrogen) atoms. The van der Waals surface area contributed by atoms with E-state index >= 15 is 0 Å². The summed E-state index contributed by atoms with van der Waals surface area (Å²) < 4.78 is 44.1. The Labute approximate surface area is 124 Å². The predicted molar refractivity (Wildman–Crippen MR) is 72.1 cm³/mol. The number of halogens is 3. The van der Waals surface area contributed by atoms with Gasteiger partial charge in [-0.05, 0) is 26.0 Å². The molecule has 0 aromatic carbocycles. The minimum Gasteiger partial charge on any atom is -0.385 e. The molecule has 1 aliphatic heterocycles. The average Bonchev–Trinajstić information content (AvgIpc) is 2.42. The third-order valence-electron chi connectivity index (χ3n) is 3.59. The first kappa shape index (κ1) is 16.2. The van der Waals surface area contributed by atoms with E-state index in [1.807, 2.05) is 0 Å². The molecule has 1 aliphatic rings. The second-order valence-corrected chi connectivity index (χ2v) is 5.36. The number of amidine groups is 1. The van der Waals surface area contributed by atoms with Gasteiger partial charge >= 0.3 is 6.18 Å². The van der Waals surface area contributed by atoms with Crippen molar-refractivity contribution in [3.05, 3.63) is 29.6 Å². The van der Waals surface area contributed by atoms with Crippen molar-refractivity contribution in [3.63, 3.8) is 0 Å². The molecule has 2 rings (SSSR count). The zero-order valence-electron chi connectivity index (χ0n) is 11.9. The van der Waals surface area contributed by atoms with Gasteiger partial charge in [0.25, 0.3) is 5.91 Å². The molecule has 0 bridgehead atoms. The van der Waals surface area contributed by atoms with Gasteiger partial charge in [-0.1, -0.05) is 6.07 Å². The number of hydrogen-bond donors (Lipinski definition) is 2. The van der Waals surface area contributed by atoms with Crippen molar-refractivity contribution in [2.75, 3.05) is 6.61 Å². The topological polar surface area (TPSA) is 104 Å². The van der Waals surface area contributed by atoms with Gasteiger partial charge in [0.2, 0.25) is 5.60 Å². The van der Waals surface area contributed by atoms with E-state index in [0.29, 0.717) is 0 Å². The highest BCUT2D eigenvalue weighted by molar-refractivity contribution is 5.91. The molecule has 1 amide bonds. The quantitative estimate of drug-likeness (QED) is 0.852. The van der Waals surface area contributed by atoms with Crippen molar-refractivity contribution in [3.8, 4) is 0 Å². The fourth-order valence-electron chi connectivity index (χ4n) is 1.99. The summed E-state index contributed by atoms with van der Waals surface area (Å²) in [5, 5.41) is 0. The summed E-state index contributed by atoms with van der Waals surface area (Å²) in [6, 6.07) is 4.42. The molecule has 1 aromatic rings. The second kappa shape index (κ2) is 4.94. The van der Waals surface area contributed by atoms with Crippen LogP contribution in [0.4, 0.5) is 13.2 Å². The number of carbonyl (C=O) groups excluding carboxylic acids is 1. The zero-order chi connectivity index (χ0) is 16.8. The lowest BCUT2D eigenvalue weighted by Gasteiger charge is -2.40. The lowest BCUT2D eigenvalue weighted by atomic mass is 9.93. The van der Waals surface area contributed by atoms with Crippen molar-refractivity contribution in [1.29, 1.82) is 0 Å². The van der Waals surface area contributed by atoms with E-state index in [1.165, 1.54) is 25.1 Å². The van der Waals surface area contributed by atoms with Gasteiger partial charge in [-0.3, -0.25) is 9.79 Å². The van der Waals surface area contributed by atoms with E-state index in [0.717, 1.165) is 6.92 Å². The standard InChI is InChI=1S/C13H15F3N4O2/c1-11(8-5-3-4-7(19-8)9(17)21)6-22-12(2,10(18)20-11)13(14,15)16/h3-5H,6H2,1-2H3,(H2,17,21)(H2,18,20)/t11-,12+/m0/s1. The Morgan fingerprint density at radius 2 is 2.00 bits per heavy atom. The summed E-state index contributed by atoms with van der Waals surface area (Å²) in [5.41, 5.74) is 6.99. The summed E-state index contributed by atoms with van der Waals surface area (Å²) in [6.07, 6.45) is -4.69. The minimum atomic E-state index is -4.69. The van der Waals surface area contributed by atoms with Gasteiger partial charge < -0.3 is 16.2 Å². The molecule has 120 valence electrons. The number of amides is 1. The first-order valence-electron chi connectivity index (χ1n) is 6.33. The van der Waals surface area contributed by atoms with E-state index in [4.69, 9.17) is 16.2 Å². The number of rotatable bonds is 2. The van der Waals surface area contributed by atoms with Crippen molar-refractivity contribution >= 4 is 11.7 Å². The van der Waals surface area contributed by atoms with Crippen LogP contribution in [0.2, 0.25) is 0 Å². The number of nitrogens with zero attached hydrogens (tertiary/aromatic N) is 2. The molecule has 0 radical (unpaired) electrons. The van der Waals surface area contributed by atoms with Gasteiger partial charge in [-0.15, -0.1) is 0 Å². The molecule has 1 aromatic heterocycles. The Morgan fingerprint density at radius 3 is 2.50 bits per heavy atom. The molecule has 9 heteroatoms. The summed E-state index contributed by atoms with van der Waals surface area (Å²) in [4.78, 5) is 19.1. The summed E-state index contributed by atoms with van der Waals surface area (Å²) >= 11 is 0. The third-order valence-corrected chi connectivity index (χ3v) is 3.59. The van der Waals surface area contributed by atoms with Gasteiger partial charge in [0.1, 0.15) is 17.1 Å². The van der Waals surface area contributed by atoms with Crippen molar-refractivity contribution < 1.29 is 22.7 Å². The fourth-order valence-corrected chi connectivity index (χ4v) is 1.99. The third kappa shape index (κ3) is 2.52. The largest absolute Gasteiger partial charge is 0.424 e. The molecule has 2 atom stereocenters. The molecule has 0 unspecified atom stereocenters. The number of ether oxygens (including phenoxy) is 1. The SMILES string of the molecule is C[C@@]1(c2cccc(C(N)=O)n2)CO[C@@](C)(C(F)(F)F)C(N)=N1. The molecule has 2 heterocycles. The fraction of sp³-hybridized carbons (Fsp3) is 0.462. The molecule has 4 N–H and O–H groups in total. The number of nitrogens with two attached hydrogens (primary N) is 2. The maximum absolute atomic E-state index is 13.0. The lowest BCUT2D eigenvalue weighted by Crippen LogP contribution is -2.60. The number of hydrogen-bond acceptors (Lipinski definition) is 5. The number of aromatic nitrogens is 1. The van der Waals surface area contributed by atoms with Crippen LogP contribution < -0.4 is 11.5 Å². The Balaban J connectivity index is 2.46. The van der Waals surface area contributed by atoms with Crippen LogP contribution in [-0.4, -0.2) is 35.1 Å². The number of aliphatic imine (C=N–C) groups is 1. The van der Waals surface area contributed by atoms with E-state index < -0.39 is 29.1 Å². The van der Waals surface area contributed by atoms with Gasteiger partial charge in [-0.2, -0.15) is 13.2 Å². The molecular formula is C13H15F3N4O2. The van der Waals surface area contributed by atoms with E-state index in [9.17, 15) is 18.0 Å².